The number of nitrogens with two attached hydrogens (primary N) is 1. The number of nitrogens with one attached hydrogen (secondary N) is 7. The van der Waals surface area contributed by atoms with Crippen LogP contribution in [-0.2, 0) is 32.6 Å². The summed E-state index contributed by atoms with van der Waals surface area (Å²) < 4.78 is 23.9. The second-order valence-corrected chi connectivity index (χ2v) is 34.2. The number of anilines is 4. The van der Waals surface area contributed by atoms with Crippen LogP contribution in [0.15, 0.2) is 289 Å². The zero-order valence-corrected chi connectivity index (χ0v) is 78.4. The van der Waals surface area contributed by atoms with Gasteiger partial charge in [0.05, 0.1) is 60.5 Å². The number of aryl methyl sites for hydroxylation is 5. The van der Waals surface area contributed by atoms with E-state index in [0.717, 1.165) is 70.9 Å². The van der Waals surface area contributed by atoms with E-state index in [9.17, 15) is 24.0 Å². The number of rotatable bonds is 31. The molecule has 2 atom stereocenters. The Kier molecular flexibility index (Phi) is 32.7. The van der Waals surface area contributed by atoms with E-state index in [1.807, 2.05) is 190 Å². The van der Waals surface area contributed by atoms with Crippen molar-refractivity contribution < 1.29 is 14.2 Å². The van der Waals surface area contributed by atoms with Crippen LogP contribution in [0.4, 0.5) is 23.3 Å². The summed E-state index contributed by atoms with van der Waals surface area (Å²) in [6.07, 6.45) is 8.97. The molecule has 0 fully saturated rings. The lowest BCUT2D eigenvalue weighted by atomic mass is 9.91. The van der Waals surface area contributed by atoms with Gasteiger partial charge in [0.15, 0.2) is 38.7 Å². The van der Waals surface area contributed by atoms with Gasteiger partial charge in [-0.1, -0.05) is 180 Å². The lowest BCUT2D eigenvalue weighted by Gasteiger charge is -2.17. The third-order valence-electron chi connectivity index (χ3n) is 21.3. The molecule has 0 spiro atoms. The minimum Gasteiger partial charge on any atom is -0.497 e. The zero-order valence-electron chi connectivity index (χ0n) is 73.8. The van der Waals surface area contributed by atoms with Crippen LogP contribution in [-0.4, -0.2) is 149 Å². The van der Waals surface area contributed by atoms with E-state index < -0.39 is 0 Å². The van der Waals surface area contributed by atoms with Gasteiger partial charge >= 0.3 is 0 Å². The minimum absolute atomic E-state index is 0.119. The number of hydrogen-bond acceptors (Lipinski definition) is 25. The number of hydrogen-bond donors (Lipinski definition) is 8. The SMILES string of the molecule is CCCC(CCn1nc2c(Sc3ccccc3)n[nH]c2cc1=O)c1ccc(Cl)c(Cl)c1.CN(C)CCCn1nc2c(Nc3ccccc3)n[nH]c2cc1=O.COc1ccc(-n2nc3c(Nc4ncccn4)n[nH]c3cc2=O)cc1.NCCC(CCn1nc2c(Oc3ccccc3)n[nH]c2cc1=O)c1ccc(Cl)c(Cl)c1.O=c1cc2[nH]nc(Oc3ccccc3)c2nn1CCc1cccc(Cl)c1. The molecular formula is C96H91Cl5N26O8S. The van der Waals surface area contributed by atoms with Crippen molar-refractivity contribution in [3.05, 3.63) is 349 Å². The van der Waals surface area contributed by atoms with E-state index in [2.05, 4.69) is 109 Å². The van der Waals surface area contributed by atoms with Crippen LogP contribution >= 0.6 is 69.8 Å². The first kappa shape index (κ1) is 95.9. The van der Waals surface area contributed by atoms with E-state index in [4.69, 9.17) is 77.9 Å². The smallest absolute Gasteiger partial charge is 0.273 e. The monoisotopic (exact) mass is 1940 g/mol. The van der Waals surface area contributed by atoms with Gasteiger partial charge < -0.3 is 35.5 Å². The number of ether oxygens (including phenoxy) is 3. The first-order valence-corrected chi connectivity index (χ1v) is 45.9. The summed E-state index contributed by atoms with van der Waals surface area (Å²) in [5.41, 5.74) is 15.4. The van der Waals surface area contributed by atoms with Crippen LogP contribution in [0.5, 0.6) is 29.0 Å². The van der Waals surface area contributed by atoms with Crippen LogP contribution in [0.3, 0.4) is 0 Å². The molecule has 34 nitrogen and oxygen atoms in total. The van der Waals surface area contributed by atoms with Crippen molar-refractivity contribution in [2.45, 2.75) is 99.8 Å². The third-order valence-corrected chi connectivity index (χ3v) is 23.9. The highest BCUT2D eigenvalue weighted by Crippen LogP contribution is 2.36. The Morgan fingerprint density at radius 3 is 1.43 bits per heavy atom. The largest absolute Gasteiger partial charge is 0.497 e. The maximum Gasteiger partial charge on any atom is 0.273 e. The van der Waals surface area contributed by atoms with Gasteiger partial charge in [-0.05, 0) is 209 Å². The molecule has 136 heavy (non-hydrogen) atoms. The van der Waals surface area contributed by atoms with Crippen LogP contribution < -0.4 is 58.4 Å². The molecule has 11 heterocycles. The lowest BCUT2D eigenvalue weighted by Crippen LogP contribution is -2.24. The van der Waals surface area contributed by atoms with E-state index in [0.29, 0.717) is 178 Å². The summed E-state index contributed by atoms with van der Waals surface area (Å²) in [6, 6.07) is 73.5. The maximum atomic E-state index is 12.6. The number of fused-ring (bicyclic) bond motifs is 5. The molecule has 0 bridgehead atoms. The Balaban J connectivity index is 0.000000130. The fourth-order valence-corrected chi connectivity index (χ4v) is 16.1. The number of methoxy groups -OCH3 is 1. The second kappa shape index (κ2) is 46.3. The van der Waals surface area contributed by atoms with Crippen molar-refractivity contribution in [3.8, 4) is 34.7 Å². The number of aromatic amines is 5. The highest BCUT2D eigenvalue weighted by molar-refractivity contribution is 7.99. The van der Waals surface area contributed by atoms with Gasteiger partial charge in [-0.2, -0.15) is 45.5 Å². The Hall–Kier alpha value is -14.7. The third kappa shape index (κ3) is 25.2. The molecule has 11 aromatic heterocycles. The summed E-state index contributed by atoms with van der Waals surface area (Å²) in [5, 5.41) is 67.3. The average Bonchev–Trinajstić information content (AvgIpc) is 1.60. The molecule has 0 aliphatic rings. The first-order valence-electron chi connectivity index (χ1n) is 43.2. The number of benzene rings is 8. The van der Waals surface area contributed by atoms with Crippen molar-refractivity contribution in [1.29, 1.82) is 0 Å². The number of para-hydroxylation sites is 3. The normalized spacial score (nSPS) is 11.6. The van der Waals surface area contributed by atoms with Crippen molar-refractivity contribution >= 4 is 148 Å². The summed E-state index contributed by atoms with van der Waals surface area (Å²) in [5.74, 6) is 4.47. The Morgan fingerprint density at radius 2 is 0.904 bits per heavy atom. The number of nitrogens with zero attached hydrogens (tertiary/aromatic N) is 18. The standard InChI is InChI=1S/C23H22Cl2N4OS.C22H21Cl2N5O2.C19H15ClN4O2.C16H13N7O2.C16H20N6O/c1-2-6-15(16-9-10-18(24)19(25)13-16)11-12-29-21(30)14-20-22(28-29)23(27-26-20)31-17-7-4-3-5-8-17;23-17-7-6-15(12-18(17)24)14(8-10-25)9-11-29-20(30)13-19-21(28-29)22(27-26-19)31-16-4-2-1-3-5-16;20-14-6-4-5-13(11-14)9-10-24-17(25)12-16-18(23-24)19(22-21-16)26-15-7-2-1-3-8-15;1-25-11-5-3-10(4-6-11)23-13(24)9-12-14(22-23)15(21-20-12)19-16-17-7-2-8-18-16;1-21(2)9-6-10-22-14(23)11-13-15(20-22)16(19-18-13)17-12-7-4-3-5-8-12/h3-5,7-10,13-15,26H,2,6,11-12H2,1H3;1-7,12-14,26H,8-11,25H2;1-8,11-12,21H,9-10H2;2-9,20H,1H3,(H,17,18,19,21);3-5,7-8,11,18H,6,9-10H2,1-2H3,(H,17,19). The molecule has 0 aliphatic carbocycles. The second-order valence-electron chi connectivity index (χ2n) is 31.1. The molecule has 19 rings (SSSR count). The molecule has 0 saturated carbocycles. The molecule has 40 heteroatoms. The van der Waals surface area contributed by atoms with Gasteiger partial charge in [-0.15, -0.1) is 10.2 Å². The van der Waals surface area contributed by atoms with Gasteiger partial charge in [0.2, 0.25) is 5.95 Å². The van der Waals surface area contributed by atoms with Gasteiger partial charge in [0.1, 0.15) is 22.8 Å². The van der Waals surface area contributed by atoms with E-state index in [-0.39, 0.29) is 39.6 Å². The van der Waals surface area contributed by atoms with Crippen molar-refractivity contribution in [2.24, 2.45) is 5.73 Å². The zero-order chi connectivity index (χ0) is 95.0. The molecule has 0 radical (unpaired) electrons. The van der Waals surface area contributed by atoms with Gasteiger partial charge in [-0.25, -0.2) is 28.7 Å². The molecular weight excluding hydrogens is 1850 g/mol. The minimum atomic E-state index is -0.274. The van der Waals surface area contributed by atoms with Crippen LogP contribution in [0.25, 0.3) is 60.9 Å². The van der Waals surface area contributed by atoms with Gasteiger partial charge in [0.25, 0.3) is 39.6 Å². The topological polar surface area (TPSA) is 425 Å². The number of aromatic nitrogens is 22. The molecule has 694 valence electrons. The quantitative estimate of drug-likeness (QED) is 0.0200. The molecule has 8 aromatic carbocycles. The molecule has 0 saturated heterocycles. The van der Waals surface area contributed by atoms with Crippen LogP contribution in [0, 0.1) is 0 Å². The molecule has 0 aliphatic heterocycles. The van der Waals surface area contributed by atoms with Crippen molar-refractivity contribution in [1.82, 2.24) is 115 Å². The Labute approximate surface area is 805 Å². The molecule has 0 amide bonds. The average molecular weight is 1950 g/mol. The maximum absolute atomic E-state index is 12.6. The Bertz CT molecular complexity index is 7360. The fraction of sp³-hybridized carbons (Fsp3) is 0.198. The van der Waals surface area contributed by atoms with Crippen LogP contribution in [0.2, 0.25) is 25.1 Å². The number of H-pyrrole nitrogens is 5. The highest BCUT2D eigenvalue weighted by Gasteiger charge is 2.22. The van der Waals surface area contributed by atoms with E-state index >= 15 is 0 Å². The highest BCUT2D eigenvalue weighted by atomic mass is 35.5. The van der Waals surface area contributed by atoms with Crippen LogP contribution in [0.1, 0.15) is 74.0 Å². The molecule has 2 unspecified atom stereocenters. The fourth-order valence-electron chi connectivity index (χ4n) is 14.4. The van der Waals surface area contributed by atoms with Gasteiger partial charge in [0, 0.05) is 84.5 Å². The van der Waals surface area contributed by atoms with Crippen molar-refractivity contribution in [2.75, 3.05) is 44.9 Å². The summed E-state index contributed by atoms with van der Waals surface area (Å²) in [4.78, 5) is 73.2. The van der Waals surface area contributed by atoms with Crippen molar-refractivity contribution in [3.63, 3.8) is 0 Å². The Morgan fingerprint density at radius 1 is 0.434 bits per heavy atom. The lowest BCUT2D eigenvalue weighted by molar-refractivity contribution is 0.378. The summed E-state index contributed by atoms with van der Waals surface area (Å²) in [7, 11) is 5.61. The van der Waals surface area contributed by atoms with E-state index in [1.165, 1.54) is 53.4 Å². The summed E-state index contributed by atoms with van der Waals surface area (Å²) >= 11 is 32.1. The van der Waals surface area contributed by atoms with E-state index in [1.54, 1.807) is 68.0 Å². The molecule has 9 N–H and O–H groups in total. The number of halogens is 5. The van der Waals surface area contributed by atoms with Gasteiger partial charge in [-0.3, -0.25) is 49.5 Å². The predicted octanol–water partition coefficient (Wildman–Crippen LogP) is 18.6. The summed E-state index contributed by atoms with van der Waals surface area (Å²) in [6.45, 7) is 5.53. The first-order chi connectivity index (χ1) is 66.2. The predicted molar refractivity (Wildman–Crippen MR) is 532 cm³/mol. The molecule has 19 aromatic rings.